The van der Waals surface area contributed by atoms with Crippen molar-refractivity contribution < 1.29 is 18.0 Å². The van der Waals surface area contributed by atoms with Gasteiger partial charge < -0.3 is 5.32 Å². The zero-order chi connectivity index (χ0) is 15.3. The zero-order valence-electron chi connectivity index (χ0n) is 10.8. The van der Waals surface area contributed by atoms with Gasteiger partial charge in [-0.05, 0) is 5.56 Å². The van der Waals surface area contributed by atoms with Crippen molar-refractivity contribution in [1.82, 2.24) is 9.97 Å². The molecule has 0 fully saturated rings. The molecule has 0 aliphatic rings. The summed E-state index contributed by atoms with van der Waals surface area (Å²) >= 11 is 0. The van der Waals surface area contributed by atoms with Crippen molar-refractivity contribution in [2.45, 2.75) is 18.5 Å². The maximum atomic E-state index is 13.1. The first-order chi connectivity index (χ1) is 9.97. The molecule has 1 atom stereocenters. The number of carbonyl (C=O) groups excluding carboxylic acids is 1. The van der Waals surface area contributed by atoms with Gasteiger partial charge in [0.2, 0.25) is 5.91 Å². The lowest BCUT2D eigenvalue weighted by Crippen LogP contribution is -2.26. The SMILES string of the molecule is O=C(CC(c1ccccc1)C(F)(F)F)Nc1cnccn1. The summed E-state index contributed by atoms with van der Waals surface area (Å²) in [6.45, 7) is 0. The Labute approximate surface area is 119 Å². The van der Waals surface area contributed by atoms with Crippen molar-refractivity contribution in [1.29, 1.82) is 0 Å². The van der Waals surface area contributed by atoms with Gasteiger partial charge in [0.05, 0.1) is 12.1 Å². The minimum absolute atomic E-state index is 0.0549. The number of amides is 1. The van der Waals surface area contributed by atoms with Gasteiger partial charge in [-0.3, -0.25) is 9.78 Å². The third kappa shape index (κ3) is 4.27. The molecule has 2 aromatic rings. The highest BCUT2D eigenvalue weighted by atomic mass is 19.4. The largest absolute Gasteiger partial charge is 0.396 e. The molecule has 0 radical (unpaired) electrons. The molecule has 0 saturated heterocycles. The lowest BCUT2D eigenvalue weighted by atomic mass is 9.95. The molecule has 1 heterocycles. The standard InChI is InChI=1S/C14H12F3N3O/c15-14(16,17)11(10-4-2-1-3-5-10)8-13(21)20-12-9-18-6-7-19-12/h1-7,9,11H,8H2,(H,19,20,21). The number of aromatic nitrogens is 2. The predicted molar refractivity (Wildman–Crippen MR) is 70.5 cm³/mol. The quantitative estimate of drug-likeness (QED) is 0.942. The lowest BCUT2D eigenvalue weighted by Gasteiger charge is -2.20. The Morgan fingerprint density at radius 3 is 2.48 bits per heavy atom. The molecule has 0 saturated carbocycles. The Balaban J connectivity index is 2.11. The zero-order valence-corrected chi connectivity index (χ0v) is 10.8. The van der Waals surface area contributed by atoms with E-state index in [1.807, 2.05) is 0 Å². The number of carbonyl (C=O) groups is 1. The molecule has 4 nitrogen and oxygen atoms in total. The van der Waals surface area contributed by atoms with Gasteiger partial charge in [-0.25, -0.2) is 4.98 Å². The second kappa shape index (κ2) is 6.34. The number of alkyl halides is 3. The number of nitrogens with zero attached hydrogens (tertiary/aromatic N) is 2. The summed E-state index contributed by atoms with van der Waals surface area (Å²) in [4.78, 5) is 19.3. The number of hydrogen-bond acceptors (Lipinski definition) is 3. The monoisotopic (exact) mass is 295 g/mol. The van der Waals surface area contributed by atoms with Gasteiger partial charge >= 0.3 is 6.18 Å². The third-order valence-corrected chi connectivity index (χ3v) is 2.82. The van der Waals surface area contributed by atoms with Crippen LogP contribution in [0.3, 0.4) is 0 Å². The fourth-order valence-corrected chi connectivity index (χ4v) is 1.85. The molecule has 7 heteroatoms. The minimum Gasteiger partial charge on any atom is -0.309 e. The minimum atomic E-state index is -4.50. The lowest BCUT2D eigenvalue weighted by molar-refractivity contribution is -0.155. The summed E-state index contributed by atoms with van der Waals surface area (Å²) in [6.07, 6.45) is -1.19. The summed E-state index contributed by atoms with van der Waals surface area (Å²) in [6, 6.07) is 7.35. The molecule has 0 aliphatic heterocycles. The Morgan fingerprint density at radius 2 is 1.90 bits per heavy atom. The molecule has 21 heavy (non-hydrogen) atoms. The summed E-state index contributed by atoms with van der Waals surface area (Å²) < 4.78 is 39.3. The van der Waals surface area contributed by atoms with Crippen LogP contribution < -0.4 is 5.32 Å². The topological polar surface area (TPSA) is 54.9 Å². The van der Waals surface area contributed by atoms with E-state index >= 15 is 0 Å². The molecule has 110 valence electrons. The second-order valence-corrected chi connectivity index (χ2v) is 4.35. The van der Waals surface area contributed by atoms with E-state index in [9.17, 15) is 18.0 Å². The molecule has 1 amide bonds. The fourth-order valence-electron chi connectivity index (χ4n) is 1.85. The van der Waals surface area contributed by atoms with Crippen molar-refractivity contribution in [3.63, 3.8) is 0 Å². The van der Waals surface area contributed by atoms with Gasteiger partial charge in [0.25, 0.3) is 0 Å². The molecule has 1 aromatic carbocycles. The number of hydrogen-bond donors (Lipinski definition) is 1. The van der Waals surface area contributed by atoms with Crippen LogP contribution >= 0.6 is 0 Å². The van der Waals surface area contributed by atoms with Gasteiger partial charge in [-0.1, -0.05) is 30.3 Å². The number of halogens is 3. The number of nitrogens with one attached hydrogen (secondary N) is 1. The molecule has 0 spiro atoms. The normalized spacial score (nSPS) is 12.7. The number of rotatable bonds is 4. The van der Waals surface area contributed by atoms with Gasteiger partial charge in [0.15, 0.2) is 5.82 Å². The second-order valence-electron chi connectivity index (χ2n) is 4.35. The molecule has 1 N–H and O–H groups in total. The molecular weight excluding hydrogens is 283 g/mol. The van der Waals surface area contributed by atoms with E-state index in [-0.39, 0.29) is 11.4 Å². The van der Waals surface area contributed by atoms with Gasteiger partial charge in [-0.2, -0.15) is 13.2 Å². The fraction of sp³-hybridized carbons (Fsp3) is 0.214. The Morgan fingerprint density at radius 1 is 1.19 bits per heavy atom. The smallest absolute Gasteiger partial charge is 0.309 e. The molecular formula is C14H12F3N3O. The summed E-state index contributed by atoms with van der Waals surface area (Å²) in [7, 11) is 0. The molecule has 0 bridgehead atoms. The van der Waals surface area contributed by atoms with E-state index in [0.717, 1.165) is 0 Å². The van der Waals surface area contributed by atoms with Crippen molar-refractivity contribution in [3.05, 3.63) is 54.5 Å². The van der Waals surface area contributed by atoms with E-state index in [4.69, 9.17) is 0 Å². The average molecular weight is 295 g/mol. The summed E-state index contributed by atoms with van der Waals surface area (Å²) in [5.74, 6) is -2.49. The summed E-state index contributed by atoms with van der Waals surface area (Å²) in [5, 5.41) is 2.30. The van der Waals surface area contributed by atoms with E-state index < -0.39 is 24.4 Å². The maximum absolute atomic E-state index is 13.1. The van der Waals surface area contributed by atoms with E-state index in [0.29, 0.717) is 0 Å². The van der Waals surface area contributed by atoms with Gasteiger partial charge in [0, 0.05) is 18.8 Å². The van der Waals surface area contributed by atoms with Crippen LogP contribution in [0.4, 0.5) is 19.0 Å². The summed E-state index contributed by atoms with van der Waals surface area (Å²) in [5.41, 5.74) is 0.0549. The number of anilines is 1. The van der Waals surface area contributed by atoms with Crippen molar-refractivity contribution in [2.24, 2.45) is 0 Å². The van der Waals surface area contributed by atoms with Crippen LogP contribution in [0.5, 0.6) is 0 Å². The van der Waals surface area contributed by atoms with Crippen molar-refractivity contribution in [3.8, 4) is 0 Å². The Kier molecular flexibility index (Phi) is 4.52. The Hall–Kier alpha value is -2.44. The van der Waals surface area contributed by atoms with Crippen LogP contribution in [-0.2, 0) is 4.79 Å². The van der Waals surface area contributed by atoms with E-state index in [1.54, 1.807) is 6.07 Å². The van der Waals surface area contributed by atoms with Crippen molar-refractivity contribution in [2.75, 3.05) is 5.32 Å². The molecule has 1 aromatic heterocycles. The first-order valence-corrected chi connectivity index (χ1v) is 6.14. The van der Waals surface area contributed by atoms with Crippen LogP contribution in [-0.4, -0.2) is 22.1 Å². The third-order valence-electron chi connectivity index (χ3n) is 2.82. The van der Waals surface area contributed by atoms with Gasteiger partial charge in [-0.15, -0.1) is 0 Å². The van der Waals surface area contributed by atoms with Crippen LogP contribution in [0.25, 0.3) is 0 Å². The van der Waals surface area contributed by atoms with Crippen LogP contribution in [0.2, 0.25) is 0 Å². The molecule has 0 aliphatic carbocycles. The Bertz CT molecular complexity index is 587. The highest BCUT2D eigenvalue weighted by molar-refractivity contribution is 5.90. The van der Waals surface area contributed by atoms with Gasteiger partial charge in [0.1, 0.15) is 0 Å². The molecule has 1 unspecified atom stereocenters. The van der Waals surface area contributed by atoms with Crippen LogP contribution in [0.1, 0.15) is 17.9 Å². The molecule has 2 rings (SSSR count). The number of benzene rings is 1. The highest BCUT2D eigenvalue weighted by Crippen LogP contribution is 2.37. The maximum Gasteiger partial charge on any atom is 0.396 e. The average Bonchev–Trinajstić information content (AvgIpc) is 2.45. The highest BCUT2D eigenvalue weighted by Gasteiger charge is 2.41. The first kappa shape index (κ1) is 15.0. The van der Waals surface area contributed by atoms with Crippen molar-refractivity contribution >= 4 is 11.7 Å². The van der Waals surface area contributed by atoms with Crippen LogP contribution in [0.15, 0.2) is 48.9 Å². The van der Waals surface area contributed by atoms with E-state index in [1.165, 1.54) is 42.9 Å². The predicted octanol–water partition coefficient (Wildman–Crippen LogP) is 3.15. The van der Waals surface area contributed by atoms with E-state index in [2.05, 4.69) is 15.3 Å². The van der Waals surface area contributed by atoms with Crippen LogP contribution in [0, 0.1) is 0 Å². The first-order valence-electron chi connectivity index (χ1n) is 6.14.